The molecule has 2 bridgehead atoms. The van der Waals surface area contributed by atoms with Crippen LogP contribution in [0.5, 0.6) is 0 Å². The molecule has 2 atom stereocenters. The first-order valence-corrected chi connectivity index (χ1v) is 14.8. The molecule has 0 saturated carbocycles. The van der Waals surface area contributed by atoms with Gasteiger partial charge in [0.2, 0.25) is 0 Å². The SMILES string of the molecule is Cc1c2cccc1\C(NC1C=CC(P(C3=CCCc4ccccc43)c3ccccc3)=CC1)=C(N)/C=C\C=C/2. The van der Waals surface area contributed by atoms with Crippen molar-refractivity contribution in [3.05, 3.63) is 154 Å². The van der Waals surface area contributed by atoms with Gasteiger partial charge in [0.25, 0.3) is 0 Å². The summed E-state index contributed by atoms with van der Waals surface area (Å²) in [7, 11) is -0.630. The topological polar surface area (TPSA) is 38.0 Å². The molecule has 3 aliphatic carbocycles. The van der Waals surface area contributed by atoms with Crippen molar-refractivity contribution in [3.63, 3.8) is 0 Å². The van der Waals surface area contributed by atoms with E-state index >= 15 is 0 Å². The molecule has 188 valence electrons. The number of allylic oxidation sites excluding steroid dienone is 6. The van der Waals surface area contributed by atoms with Gasteiger partial charge in [-0.2, -0.15) is 0 Å². The van der Waals surface area contributed by atoms with Crippen molar-refractivity contribution in [2.24, 2.45) is 5.73 Å². The monoisotopic (exact) mass is 512 g/mol. The Morgan fingerprint density at radius 1 is 0.816 bits per heavy atom. The zero-order valence-corrected chi connectivity index (χ0v) is 22.7. The lowest BCUT2D eigenvalue weighted by Gasteiger charge is -2.30. The van der Waals surface area contributed by atoms with Crippen LogP contribution in [0.3, 0.4) is 0 Å². The zero-order valence-electron chi connectivity index (χ0n) is 21.8. The van der Waals surface area contributed by atoms with E-state index in [1.807, 2.05) is 12.2 Å². The van der Waals surface area contributed by atoms with E-state index in [1.165, 1.54) is 38.2 Å². The first-order chi connectivity index (χ1) is 18.7. The van der Waals surface area contributed by atoms with Crippen molar-refractivity contribution in [1.29, 1.82) is 0 Å². The van der Waals surface area contributed by atoms with Gasteiger partial charge in [-0.3, -0.25) is 0 Å². The first-order valence-electron chi connectivity index (χ1n) is 13.4. The summed E-state index contributed by atoms with van der Waals surface area (Å²) >= 11 is 0. The van der Waals surface area contributed by atoms with Crippen LogP contribution in [-0.2, 0) is 6.42 Å². The first kappa shape index (κ1) is 24.5. The van der Waals surface area contributed by atoms with E-state index in [0.29, 0.717) is 0 Å². The molecule has 0 amide bonds. The van der Waals surface area contributed by atoms with Crippen LogP contribution in [0.1, 0.15) is 40.7 Å². The van der Waals surface area contributed by atoms with Gasteiger partial charge in [-0.05, 0) is 78.4 Å². The molecule has 3 aromatic carbocycles. The van der Waals surface area contributed by atoms with Crippen molar-refractivity contribution in [2.45, 2.75) is 32.2 Å². The fraction of sp³-hybridized carbons (Fsp3) is 0.143. The molecular formula is C35H33N2P. The quantitative estimate of drug-likeness (QED) is 0.342. The summed E-state index contributed by atoms with van der Waals surface area (Å²) in [6, 6.07) is 26.6. The average Bonchev–Trinajstić information content (AvgIpc) is 2.98. The van der Waals surface area contributed by atoms with Crippen LogP contribution in [-0.4, -0.2) is 6.04 Å². The minimum Gasteiger partial charge on any atom is -0.397 e. The fourth-order valence-electron chi connectivity index (χ4n) is 5.57. The summed E-state index contributed by atoms with van der Waals surface area (Å²) in [5.74, 6) is 0. The van der Waals surface area contributed by atoms with Gasteiger partial charge in [0.1, 0.15) is 0 Å². The van der Waals surface area contributed by atoms with Gasteiger partial charge in [-0.25, -0.2) is 0 Å². The van der Waals surface area contributed by atoms with E-state index in [2.05, 4.69) is 121 Å². The Kier molecular flexibility index (Phi) is 6.99. The number of rotatable bonds is 5. The Morgan fingerprint density at radius 2 is 1.61 bits per heavy atom. The van der Waals surface area contributed by atoms with Crippen LogP contribution >= 0.6 is 7.92 Å². The molecule has 0 saturated heterocycles. The number of fused-ring (bicyclic) bond motifs is 3. The minimum absolute atomic E-state index is 0.178. The van der Waals surface area contributed by atoms with E-state index in [1.54, 1.807) is 0 Å². The molecular weight excluding hydrogens is 479 g/mol. The maximum absolute atomic E-state index is 6.59. The third-order valence-electron chi connectivity index (χ3n) is 7.56. The Bertz CT molecular complexity index is 1540. The maximum Gasteiger partial charge on any atom is 0.0655 e. The predicted molar refractivity (Wildman–Crippen MR) is 165 cm³/mol. The van der Waals surface area contributed by atoms with Gasteiger partial charge in [0.15, 0.2) is 0 Å². The summed E-state index contributed by atoms with van der Waals surface area (Å²) < 4.78 is 0. The molecule has 3 aromatic rings. The predicted octanol–water partition coefficient (Wildman–Crippen LogP) is 7.80. The lowest BCUT2D eigenvalue weighted by atomic mass is 9.97. The van der Waals surface area contributed by atoms with Crippen molar-refractivity contribution >= 4 is 30.3 Å². The highest BCUT2D eigenvalue weighted by molar-refractivity contribution is 7.79. The van der Waals surface area contributed by atoms with Crippen LogP contribution in [0, 0.1) is 6.92 Å². The molecule has 0 fully saturated rings. The summed E-state index contributed by atoms with van der Waals surface area (Å²) in [6.45, 7) is 2.17. The van der Waals surface area contributed by atoms with Crippen LogP contribution in [0.4, 0.5) is 0 Å². The Hall–Kier alpha value is -3.87. The molecule has 0 aromatic heterocycles. The number of benzene rings is 3. The minimum atomic E-state index is -0.630. The van der Waals surface area contributed by atoms with Gasteiger partial charge in [-0.15, -0.1) is 0 Å². The molecule has 3 aliphatic rings. The molecule has 2 nitrogen and oxygen atoms in total. The average molecular weight is 513 g/mol. The summed E-state index contributed by atoms with van der Waals surface area (Å²) in [4.78, 5) is 0. The number of nitrogens with two attached hydrogens (primary N) is 1. The normalized spacial score (nSPS) is 22.6. The molecule has 0 radical (unpaired) electrons. The van der Waals surface area contributed by atoms with E-state index in [9.17, 15) is 0 Å². The third kappa shape index (κ3) is 4.85. The zero-order chi connectivity index (χ0) is 25.9. The summed E-state index contributed by atoms with van der Waals surface area (Å²) in [6.07, 6.45) is 21.0. The molecule has 6 rings (SSSR count). The van der Waals surface area contributed by atoms with E-state index in [4.69, 9.17) is 5.73 Å². The van der Waals surface area contributed by atoms with Crippen LogP contribution in [0.15, 0.2) is 126 Å². The van der Waals surface area contributed by atoms with Gasteiger partial charge in [0, 0.05) is 11.6 Å². The number of nitrogens with one attached hydrogen (secondary N) is 1. The van der Waals surface area contributed by atoms with Crippen LogP contribution in [0.25, 0.3) is 17.1 Å². The Balaban J connectivity index is 1.31. The molecule has 0 heterocycles. The lowest BCUT2D eigenvalue weighted by molar-refractivity contribution is 0.714. The van der Waals surface area contributed by atoms with Gasteiger partial charge < -0.3 is 11.1 Å². The molecule has 0 aliphatic heterocycles. The number of aryl methyl sites for hydroxylation is 1. The fourth-order valence-corrected chi connectivity index (χ4v) is 8.19. The molecule has 3 N–H and O–H groups in total. The Labute approximate surface area is 227 Å². The highest BCUT2D eigenvalue weighted by Crippen LogP contribution is 2.58. The standard InChI is InChI=1S/C35H33N2P/c1-25-26-11-6-8-19-33(36)35(31(25)18-9-13-26)37-28-21-23-30(24-22-28)38(29-15-3-2-4-16-29)34-20-10-14-27-12-5-7-17-32(27)34/h2-9,11-13,15-21,23-24,28,37H,10,14,22,36H2,1H3/b11-6-,19-8-,35-33-. The van der Waals surface area contributed by atoms with E-state index < -0.39 is 7.92 Å². The second-order valence-corrected chi connectivity index (χ2v) is 12.2. The maximum atomic E-state index is 6.59. The second kappa shape index (κ2) is 10.9. The summed E-state index contributed by atoms with van der Waals surface area (Å²) in [5, 5.41) is 8.10. The van der Waals surface area contributed by atoms with Gasteiger partial charge >= 0.3 is 0 Å². The third-order valence-corrected chi connectivity index (χ3v) is 10.1. The van der Waals surface area contributed by atoms with Crippen LogP contribution < -0.4 is 16.4 Å². The lowest BCUT2D eigenvalue weighted by Crippen LogP contribution is -2.29. The molecule has 2 unspecified atom stereocenters. The molecule has 38 heavy (non-hydrogen) atoms. The van der Waals surface area contributed by atoms with E-state index in [-0.39, 0.29) is 6.04 Å². The Morgan fingerprint density at radius 3 is 2.45 bits per heavy atom. The van der Waals surface area contributed by atoms with Gasteiger partial charge in [0.05, 0.1) is 11.4 Å². The molecule has 0 spiro atoms. The van der Waals surface area contributed by atoms with Crippen molar-refractivity contribution in [3.8, 4) is 0 Å². The van der Waals surface area contributed by atoms with Crippen molar-refractivity contribution in [2.75, 3.05) is 0 Å². The van der Waals surface area contributed by atoms with Crippen molar-refractivity contribution < 1.29 is 0 Å². The van der Waals surface area contributed by atoms with E-state index in [0.717, 1.165) is 36.2 Å². The van der Waals surface area contributed by atoms with Crippen molar-refractivity contribution in [1.82, 2.24) is 5.32 Å². The largest absolute Gasteiger partial charge is 0.397 e. The number of hydrogen-bond donors (Lipinski definition) is 2. The van der Waals surface area contributed by atoms with Gasteiger partial charge in [-0.1, -0.05) is 115 Å². The smallest absolute Gasteiger partial charge is 0.0655 e. The number of hydrogen-bond acceptors (Lipinski definition) is 2. The second-order valence-electron chi connectivity index (χ2n) is 10.00. The summed E-state index contributed by atoms with van der Waals surface area (Å²) in [5.41, 5.74) is 14.9. The highest BCUT2D eigenvalue weighted by Gasteiger charge is 2.26. The molecule has 3 heteroatoms. The highest BCUT2D eigenvalue weighted by atomic mass is 31.1. The van der Waals surface area contributed by atoms with Crippen LogP contribution in [0.2, 0.25) is 0 Å².